The highest BCUT2D eigenvalue weighted by atomic mass is 16.7. The summed E-state index contributed by atoms with van der Waals surface area (Å²) in [6, 6.07) is 0.0552. The number of nitrogens with zero attached hydrogens (tertiary/aromatic N) is 1. The number of hydrogen-bond acceptors (Lipinski definition) is 6. The van der Waals surface area contributed by atoms with Crippen molar-refractivity contribution in [3.8, 4) is 0 Å². The lowest BCUT2D eigenvalue weighted by molar-refractivity contribution is -0.525. The zero-order valence-corrected chi connectivity index (χ0v) is 10.3. The van der Waals surface area contributed by atoms with Gasteiger partial charge in [0, 0.05) is 12.6 Å². The Kier molecular flexibility index (Phi) is 9.18. The van der Waals surface area contributed by atoms with Crippen LogP contribution in [0.2, 0.25) is 0 Å². The molecule has 0 aliphatic rings. The molecule has 0 saturated carbocycles. The largest absolute Gasteiger partial charge is 0.466 e. The summed E-state index contributed by atoms with van der Waals surface area (Å²) < 4.78 is 4.67. The quantitative estimate of drug-likeness (QED) is 0.101. The minimum absolute atomic E-state index is 0.0552. The van der Waals surface area contributed by atoms with E-state index in [2.05, 4.69) is 15.4 Å². The standard InChI is InChI=1S/C9H19N5O4/c1-2-11-8(6-18-7-15)4-3-5-12-9(10)13-14(16)17/h7-8,11H,2-6H2,1H3,(H3,10,12,13)/t8-/m0/s1. The van der Waals surface area contributed by atoms with Crippen molar-refractivity contribution in [2.24, 2.45) is 0 Å². The molecule has 9 nitrogen and oxygen atoms in total. The highest BCUT2D eigenvalue weighted by Crippen LogP contribution is 1.97. The maximum absolute atomic E-state index is 10.1. The molecule has 0 aliphatic carbocycles. The van der Waals surface area contributed by atoms with E-state index >= 15 is 0 Å². The van der Waals surface area contributed by atoms with Gasteiger partial charge in [-0.2, -0.15) is 0 Å². The number of guanidine groups is 1. The van der Waals surface area contributed by atoms with Crippen LogP contribution in [0.5, 0.6) is 0 Å². The van der Waals surface area contributed by atoms with E-state index in [0.29, 0.717) is 26.0 Å². The molecule has 0 unspecified atom stereocenters. The van der Waals surface area contributed by atoms with Gasteiger partial charge >= 0.3 is 0 Å². The molecule has 0 aromatic rings. The third-order valence-electron chi connectivity index (χ3n) is 2.09. The van der Waals surface area contributed by atoms with Crippen LogP contribution >= 0.6 is 0 Å². The van der Waals surface area contributed by atoms with Gasteiger partial charge in [-0.05, 0) is 19.4 Å². The maximum Gasteiger partial charge on any atom is 0.293 e. The Hall–Kier alpha value is -1.90. The summed E-state index contributed by atoms with van der Waals surface area (Å²) in [5.41, 5.74) is 1.70. The van der Waals surface area contributed by atoms with E-state index in [1.54, 1.807) is 5.43 Å². The average molecular weight is 261 g/mol. The highest BCUT2D eigenvalue weighted by Gasteiger charge is 2.08. The first-order valence-electron chi connectivity index (χ1n) is 5.62. The van der Waals surface area contributed by atoms with E-state index in [1.165, 1.54) is 0 Å². The van der Waals surface area contributed by atoms with Crippen LogP contribution in [0.15, 0.2) is 0 Å². The van der Waals surface area contributed by atoms with Gasteiger partial charge in [-0.25, -0.2) is 10.1 Å². The van der Waals surface area contributed by atoms with Gasteiger partial charge in [0.1, 0.15) is 6.61 Å². The van der Waals surface area contributed by atoms with Crippen LogP contribution in [0.4, 0.5) is 0 Å². The lowest BCUT2D eigenvalue weighted by Gasteiger charge is -2.16. The van der Waals surface area contributed by atoms with E-state index in [4.69, 9.17) is 5.41 Å². The Bertz CT molecular complexity index is 274. The Morgan fingerprint density at radius 3 is 2.89 bits per heavy atom. The van der Waals surface area contributed by atoms with Crippen LogP contribution in [-0.2, 0) is 9.53 Å². The molecule has 0 heterocycles. The number of hydrogen-bond donors (Lipinski definition) is 4. The highest BCUT2D eigenvalue weighted by molar-refractivity contribution is 5.74. The van der Waals surface area contributed by atoms with Gasteiger partial charge in [0.15, 0.2) is 5.03 Å². The van der Waals surface area contributed by atoms with Crippen molar-refractivity contribution in [3.63, 3.8) is 0 Å². The average Bonchev–Trinajstić information content (AvgIpc) is 2.30. The van der Waals surface area contributed by atoms with E-state index < -0.39 is 5.03 Å². The van der Waals surface area contributed by atoms with Crippen LogP contribution in [0.3, 0.4) is 0 Å². The van der Waals surface area contributed by atoms with Crippen LogP contribution in [-0.4, -0.2) is 43.2 Å². The van der Waals surface area contributed by atoms with Gasteiger partial charge in [-0.1, -0.05) is 12.3 Å². The van der Waals surface area contributed by atoms with Crippen LogP contribution < -0.4 is 16.1 Å². The molecule has 18 heavy (non-hydrogen) atoms. The number of carbonyl (C=O) groups excluding carboxylic acids is 1. The van der Waals surface area contributed by atoms with Crippen molar-refractivity contribution in [1.29, 1.82) is 5.41 Å². The molecule has 1 atom stereocenters. The minimum atomic E-state index is -0.797. The first-order valence-corrected chi connectivity index (χ1v) is 5.62. The number of carbonyl (C=O) groups is 1. The molecular formula is C9H19N5O4. The smallest absolute Gasteiger partial charge is 0.293 e. The lowest BCUT2D eigenvalue weighted by atomic mass is 10.1. The fourth-order valence-corrected chi connectivity index (χ4v) is 1.38. The molecule has 4 N–H and O–H groups in total. The molecule has 0 aliphatic heterocycles. The van der Waals surface area contributed by atoms with Crippen molar-refractivity contribution in [2.45, 2.75) is 25.8 Å². The molecular weight excluding hydrogens is 242 g/mol. The molecule has 104 valence electrons. The summed E-state index contributed by atoms with van der Waals surface area (Å²) >= 11 is 0. The topological polar surface area (TPSA) is 129 Å². The fraction of sp³-hybridized carbons (Fsp3) is 0.778. The molecule has 0 rings (SSSR count). The summed E-state index contributed by atoms with van der Waals surface area (Å²) in [4.78, 5) is 20.1. The normalized spacial score (nSPS) is 11.4. The SMILES string of the molecule is CCN[C@@H](CCCNC(=N)N[N+](=O)[O-])COC=O. The minimum Gasteiger partial charge on any atom is -0.466 e. The van der Waals surface area contributed by atoms with Crippen molar-refractivity contribution >= 4 is 12.4 Å². The molecule has 0 spiro atoms. The maximum atomic E-state index is 10.1. The van der Waals surface area contributed by atoms with Crippen LogP contribution in [0.25, 0.3) is 0 Å². The molecule has 9 heteroatoms. The van der Waals surface area contributed by atoms with E-state index in [9.17, 15) is 14.9 Å². The van der Waals surface area contributed by atoms with Crippen molar-refractivity contribution in [2.75, 3.05) is 19.7 Å². The van der Waals surface area contributed by atoms with Crippen LogP contribution in [0, 0.1) is 15.5 Å². The van der Waals surface area contributed by atoms with Crippen molar-refractivity contribution < 1.29 is 14.6 Å². The Balaban J connectivity index is 3.67. The molecule has 0 aromatic carbocycles. The van der Waals surface area contributed by atoms with Crippen LogP contribution in [0.1, 0.15) is 19.8 Å². The summed E-state index contributed by atoms with van der Waals surface area (Å²) in [7, 11) is 0. The predicted molar refractivity (Wildman–Crippen MR) is 64.6 cm³/mol. The summed E-state index contributed by atoms with van der Waals surface area (Å²) in [5.74, 6) is -0.343. The van der Waals surface area contributed by atoms with Gasteiger partial charge in [0.2, 0.25) is 0 Å². The third-order valence-corrected chi connectivity index (χ3v) is 2.09. The number of nitro groups is 1. The Morgan fingerprint density at radius 1 is 1.61 bits per heavy atom. The molecule has 0 fully saturated rings. The molecule has 0 radical (unpaired) electrons. The number of nitrogens with one attached hydrogen (secondary N) is 4. The van der Waals surface area contributed by atoms with Crippen molar-refractivity contribution in [3.05, 3.63) is 10.1 Å². The van der Waals surface area contributed by atoms with Gasteiger partial charge in [0.05, 0.1) is 0 Å². The fourth-order valence-electron chi connectivity index (χ4n) is 1.38. The number of likely N-dealkylation sites (N-methyl/N-ethyl adjacent to an activating group) is 1. The van der Waals surface area contributed by atoms with Gasteiger partial charge in [0.25, 0.3) is 12.4 Å². The van der Waals surface area contributed by atoms with E-state index in [0.717, 1.165) is 13.0 Å². The van der Waals surface area contributed by atoms with Gasteiger partial charge in [-0.3, -0.25) is 10.2 Å². The predicted octanol–water partition coefficient (Wildman–Crippen LogP) is -0.777. The van der Waals surface area contributed by atoms with E-state index in [1.807, 2.05) is 6.92 Å². The number of hydrazine groups is 1. The Morgan fingerprint density at radius 2 is 2.33 bits per heavy atom. The first-order chi connectivity index (χ1) is 8.60. The van der Waals surface area contributed by atoms with Gasteiger partial charge < -0.3 is 15.4 Å². The zero-order chi connectivity index (χ0) is 13.8. The molecule has 0 amide bonds. The summed E-state index contributed by atoms with van der Waals surface area (Å²) in [5, 5.41) is 22.1. The second-order valence-electron chi connectivity index (χ2n) is 3.50. The zero-order valence-electron chi connectivity index (χ0n) is 10.3. The van der Waals surface area contributed by atoms with Gasteiger partial charge in [-0.15, -0.1) is 0 Å². The lowest BCUT2D eigenvalue weighted by Crippen LogP contribution is -2.40. The molecule has 0 bridgehead atoms. The number of rotatable bonds is 10. The monoisotopic (exact) mass is 261 g/mol. The molecule has 0 aromatic heterocycles. The molecule has 0 saturated heterocycles. The first kappa shape index (κ1) is 16.1. The second kappa shape index (κ2) is 10.3. The van der Waals surface area contributed by atoms with Crippen molar-refractivity contribution in [1.82, 2.24) is 16.1 Å². The Labute approximate surface area is 105 Å². The second-order valence-corrected chi connectivity index (χ2v) is 3.50. The number of ether oxygens (including phenoxy) is 1. The summed E-state index contributed by atoms with van der Waals surface area (Å²) in [6.45, 7) is 3.84. The van der Waals surface area contributed by atoms with E-state index in [-0.39, 0.29) is 12.0 Å². The third kappa shape index (κ3) is 9.33. The summed E-state index contributed by atoms with van der Waals surface area (Å²) in [6.07, 6.45) is 1.43.